The first-order valence-corrected chi connectivity index (χ1v) is 9.44. The van der Waals surface area contributed by atoms with Crippen molar-refractivity contribution in [3.63, 3.8) is 0 Å². The van der Waals surface area contributed by atoms with Crippen LogP contribution < -0.4 is 0 Å². The van der Waals surface area contributed by atoms with Crippen molar-refractivity contribution in [3.8, 4) is 0 Å². The molecule has 0 aromatic heterocycles. The third-order valence-electron chi connectivity index (χ3n) is 4.13. The summed E-state index contributed by atoms with van der Waals surface area (Å²) in [5.41, 5.74) is 0. The van der Waals surface area contributed by atoms with E-state index in [0.717, 1.165) is 12.2 Å². The van der Waals surface area contributed by atoms with E-state index in [2.05, 4.69) is 0 Å². The van der Waals surface area contributed by atoms with Crippen LogP contribution in [0.4, 0.5) is 0 Å². The molecular formula is C14H16I2N2O6. The van der Waals surface area contributed by atoms with E-state index in [4.69, 9.17) is 0 Å². The van der Waals surface area contributed by atoms with Gasteiger partial charge in [-0.3, -0.25) is 19.2 Å². The monoisotopic (exact) mass is 562 g/mol. The Balaban J connectivity index is 2.05. The summed E-state index contributed by atoms with van der Waals surface area (Å²) >= 11 is 3.07. The molecule has 24 heavy (non-hydrogen) atoms. The zero-order valence-electron chi connectivity index (χ0n) is 12.5. The van der Waals surface area contributed by atoms with Gasteiger partial charge in [0.05, 0.1) is 12.2 Å². The summed E-state index contributed by atoms with van der Waals surface area (Å²) in [7, 11) is 0. The van der Waals surface area contributed by atoms with Gasteiger partial charge >= 0.3 is 0 Å². The fourth-order valence-corrected chi connectivity index (χ4v) is 4.43. The number of rotatable bonds is 4. The van der Waals surface area contributed by atoms with E-state index >= 15 is 0 Å². The maximum absolute atomic E-state index is 12.2. The molecule has 0 saturated carbocycles. The highest BCUT2D eigenvalue weighted by atomic mass is 127. The fourth-order valence-electron chi connectivity index (χ4n) is 2.93. The van der Waals surface area contributed by atoms with E-state index < -0.39 is 36.1 Å². The van der Waals surface area contributed by atoms with Crippen LogP contribution in [0, 0.1) is 0 Å². The molecule has 8 nitrogen and oxygen atoms in total. The van der Waals surface area contributed by atoms with E-state index in [-0.39, 0.29) is 20.7 Å². The third-order valence-corrected chi connectivity index (χ3v) is 5.41. The van der Waals surface area contributed by atoms with Gasteiger partial charge in [0, 0.05) is 70.4 Å². The number of aliphatic hydroxyl groups is 2. The molecule has 2 rings (SSSR count). The quantitative estimate of drug-likeness (QED) is 0.269. The van der Waals surface area contributed by atoms with Crippen LogP contribution in [0.5, 0.6) is 0 Å². The highest BCUT2D eigenvalue weighted by molar-refractivity contribution is 14.1. The third kappa shape index (κ3) is 4.14. The van der Waals surface area contributed by atoms with Gasteiger partial charge in [-0.2, -0.15) is 0 Å². The number of carbonyl (C=O) groups is 4. The number of nitrogens with zero attached hydrogens (tertiary/aromatic N) is 2. The van der Waals surface area contributed by atoms with Crippen LogP contribution in [-0.2, 0) is 19.2 Å². The van der Waals surface area contributed by atoms with Gasteiger partial charge in [0.1, 0.15) is 12.1 Å². The largest absolute Gasteiger partial charge is 0.390 e. The highest BCUT2D eigenvalue weighted by Crippen LogP contribution is 2.23. The van der Waals surface area contributed by atoms with Crippen molar-refractivity contribution in [1.29, 1.82) is 0 Å². The molecule has 0 bridgehead atoms. The van der Waals surface area contributed by atoms with Gasteiger partial charge in [-0.05, 0) is 12.8 Å². The van der Waals surface area contributed by atoms with Crippen LogP contribution in [0.25, 0.3) is 0 Å². The minimum absolute atomic E-state index is 0.231. The number of halogens is 2. The first-order chi connectivity index (χ1) is 11.2. The lowest BCUT2D eigenvalue weighted by atomic mass is 10.2. The Morgan fingerprint density at radius 2 is 1.12 bits per heavy atom. The van der Waals surface area contributed by atoms with E-state index in [0.29, 0.717) is 12.8 Å². The van der Waals surface area contributed by atoms with E-state index in [9.17, 15) is 29.4 Å². The number of hydrogen-bond donors (Lipinski definition) is 2. The molecule has 2 aliphatic heterocycles. The predicted molar refractivity (Wildman–Crippen MR) is 99.4 cm³/mol. The normalized spacial score (nSPS) is 30.2. The zero-order valence-corrected chi connectivity index (χ0v) is 16.8. The van der Waals surface area contributed by atoms with Crippen LogP contribution in [0.3, 0.4) is 0 Å². The molecule has 0 aromatic carbocycles. The summed E-state index contributed by atoms with van der Waals surface area (Å²) in [5.74, 6) is -1.10. The second-order valence-electron chi connectivity index (χ2n) is 5.61. The Bertz CT molecular complexity index is 546. The molecule has 2 saturated heterocycles. The Hall–Kier alpha value is -0.600. The molecule has 0 aliphatic carbocycles. The van der Waals surface area contributed by atoms with Crippen LogP contribution in [0.2, 0.25) is 0 Å². The maximum atomic E-state index is 12.2. The first kappa shape index (κ1) is 19.7. The molecule has 2 fully saturated rings. The molecule has 2 amide bonds. The molecule has 0 spiro atoms. The van der Waals surface area contributed by atoms with Crippen molar-refractivity contribution in [1.82, 2.24) is 9.80 Å². The molecule has 10 heteroatoms. The minimum Gasteiger partial charge on any atom is -0.390 e. The zero-order chi connectivity index (χ0) is 18.0. The van der Waals surface area contributed by atoms with Crippen molar-refractivity contribution in [2.75, 3.05) is 13.1 Å². The second-order valence-corrected chi connectivity index (χ2v) is 7.73. The number of aliphatic hydroxyl groups excluding tert-OH is 2. The topological polar surface area (TPSA) is 115 Å². The Morgan fingerprint density at radius 1 is 0.792 bits per heavy atom. The van der Waals surface area contributed by atoms with E-state index in [1.165, 1.54) is 55.0 Å². The summed E-state index contributed by atoms with van der Waals surface area (Å²) in [6, 6.07) is -1.81. The molecule has 4 atom stereocenters. The van der Waals surface area contributed by atoms with Crippen molar-refractivity contribution in [3.05, 3.63) is 12.2 Å². The Kier molecular flexibility index (Phi) is 6.73. The Labute approximate surface area is 165 Å². The molecular weight excluding hydrogens is 546 g/mol. The summed E-state index contributed by atoms with van der Waals surface area (Å²) in [5, 5.41) is 19.5. The Morgan fingerprint density at radius 3 is 1.42 bits per heavy atom. The van der Waals surface area contributed by atoms with Gasteiger partial charge < -0.3 is 20.0 Å². The molecule has 0 radical (unpaired) electrons. The lowest BCUT2D eigenvalue weighted by Gasteiger charge is -2.23. The molecule has 0 aromatic rings. The predicted octanol–water partition coefficient (Wildman–Crippen LogP) is -0.611. The summed E-state index contributed by atoms with van der Waals surface area (Å²) in [6.07, 6.45) is 0.862. The summed E-state index contributed by atoms with van der Waals surface area (Å²) in [6.45, 7) is 0.463. The van der Waals surface area contributed by atoms with Gasteiger partial charge in [-0.15, -0.1) is 0 Å². The van der Waals surface area contributed by atoms with Gasteiger partial charge in [0.15, 0.2) is 0 Å². The average molecular weight is 562 g/mol. The van der Waals surface area contributed by atoms with Gasteiger partial charge in [0.2, 0.25) is 19.4 Å². The molecule has 132 valence electrons. The second kappa shape index (κ2) is 8.19. The van der Waals surface area contributed by atoms with Crippen LogP contribution in [0.1, 0.15) is 12.8 Å². The van der Waals surface area contributed by atoms with Crippen molar-refractivity contribution >= 4 is 64.6 Å². The van der Waals surface area contributed by atoms with E-state index in [1.807, 2.05) is 0 Å². The van der Waals surface area contributed by atoms with Crippen LogP contribution in [0.15, 0.2) is 12.2 Å². The minimum atomic E-state index is -0.907. The smallest absolute Gasteiger partial charge is 0.247 e. The van der Waals surface area contributed by atoms with Crippen molar-refractivity contribution in [2.24, 2.45) is 0 Å². The van der Waals surface area contributed by atoms with Gasteiger partial charge in [-0.1, -0.05) is 0 Å². The lowest BCUT2D eigenvalue weighted by Crippen LogP contribution is -2.43. The molecule has 2 aliphatic rings. The molecule has 2 heterocycles. The van der Waals surface area contributed by atoms with Gasteiger partial charge in [-0.25, -0.2) is 0 Å². The maximum Gasteiger partial charge on any atom is 0.247 e. The lowest BCUT2D eigenvalue weighted by molar-refractivity contribution is -0.133. The van der Waals surface area contributed by atoms with Gasteiger partial charge in [0.25, 0.3) is 0 Å². The SMILES string of the molecule is O=C(I)C1C(O)CCN1C(=O)/C=C/C(=O)N1CCC(O)C1C(=O)I. The van der Waals surface area contributed by atoms with Crippen molar-refractivity contribution in [2.45, 2.75) is 37.1 Å². The highest BCUT2D eigenvalue weighted by Gasteiger charge is 2.40. The molecule has 4 unspecified atom stereocenters. The summed E-state index contributed by atoms with van der Waals surface area (Å²) in [4.78, 5) is 49.9. The first-order valence-electron chi connectivity index (χ1n) is 7.28. The van der Waals surface area contributed by atoms with Crippen LogP contribution >= 0.6 is 45.2 Å². The number of carbonyl (C=O) groups excluding carboxylic acids is 4. The number of likely N-dealkylation sites (tertiary alicyclic amines) is 2. The number of hydrogen-bond acceptors (Lipinski definition) is 6. The number of amides is 2. The standard InChI is InChI=1S/C14H16I2N2O6/c15-13(23)11-7(19)3-5-17(11)9(21)1-2-10(22)18-6-4-8(20)12(18)14(16)24/h1-2,7-8,11-12,19-20H,3-6H2/b2-1+. The fraction of sp³-hybridized carbons (Fsp3) is 0.571. The van der Waals surface area contributed by atoms with Crippen LogP contribution in [-0.4, -0.2) is 76.8 Å². The van der Waals surface area contributed by atoms with Crippen molar-refractivity contribution < 1.29 is 29.4 Å². The summed E-state index contributed by atoms with van der Waals surface area (Å²) < 4.78 is -0.687. The van der Waals surface area contributed by atoms with E-state index in [1.54, 1.807) is 0 Å². The average Bonchev–Trinajstić information content (AvgIpc) is 3.07. The molecule has 2 N–H and O–H groups in total.